The highest BCUT2D eigenvalue weighted by Gasteiger charge is 2.04. The molecule has 15 heavy (non-hydrogen) atoms. The van der Waals surface area contributed by atoms with Gasteiger partial charge in [-0.25, -0.2) is 0 Å². The van der Waals surface area contributed by atoms with Crippen LogP contribution in [-0.2, 0) is 11.2 Å². The Morgan fingerprint density at radius 2 is 2.40 bits per heavy atom. The maximum absolute atomic E-state index is 11.4. The monoisotopic (exact) mass is 226 g/mol. The van der Waals surface area contributed by atoms with Crippen LogP contribution in [0.5, 0.6) is 0 Å². The van der Waals surface area contributed by atoms with Crippen molar-refractivity contribution in [3.8, 4) is 0 Å². The molecular formula is C11H18N2OS. The summed E-state index contributed by atoms with van der Waals surface area (Å²) >= 11 is 1.76. The van der Waals surface area contributed by atoms with E-state index in [1.54, 1.807) is 16.2 Å². The van der Waals surface area contributed by atoms with Crippen LogP contribution in [0.4, 0.5) is 0 Å². The predicted octanol–water partition coefficient (Wildman–Crippen LogP) is 1.36. The maximum Gasteiger partial charge on any atom is 0.236 e. The van der Waals surface area contributed by atoms with Gasteiger partial charge in [-0.05, 0) is 24.8 Å². The minimum absolute atomic E-state index is 0.156. The quantitative estimate of drug-likeness (QED) is 0.743. The summed E-state index contributed by atoms with van der Waals surface area (Å²) in [7, 11) is 1.82. The topological polar surface area (TPSA) is 32.3 Å². The molecule has 0 radical (unpaired) electrons. The second kappa shape index (κ2) is 6.58. The number of carbonyl (C=O) groups excluding carboxylic acids is 1. The first-order chi connectivity index (χ1) is 7.24. The van der Waals surface area contributed by atoms with Crippen LogP contribution >= 0.6 is 11.3 Å². The van der Waals surface area contributed by atoms with Gasteiger partial charge in [0.15, 0.2) is 0 Å². The molecule has 1 amide bonds. The molecule has 0 aliphatic carbocycles. The molecule has 0 fully saturated rings. The first-order valence-corrected chi connectivity index (χ1v) is 6.09. The molecule has 84 valence electrons. The Labute approximate surface area is 95.1 Å². The zero-order chi connectivity index (χ0) is 11.1. The molecule has 1 aromatic heterocycles. The molecule has 0 bridgehead atoms. The fraction of sp³-hybridized carbons (Fsp3) is 0.545. The Balaban J connectivity index is 2.09. The summed E-state index contributed by atoms with van der Waals surface area (Å²) in [4.78, 5) is 14.5. The standard InChI is InChI=1S/C11H18N2OS/c1-3-13(2)11(14)9-12-7-6-10-5-4-8-15-10/h4-5,8,12H,3,6-7,9H2,1-2H3. The van der Waals surface area contributed by atoms with Crippen molar-refractivity contribution in [1.82, 2.24) is 10.2 Å². The van der Waals surface area contributed by atoms with Crippen molar-refractivity contribution in [2.75, 3.05) is 26.7 Å². The number of likely N-dealkylation sites (N-methyl/N-ethyl adjacent to an activating group) is 1. The van der Waals surface area contributed by atoms with Crippen molar-refractivity contribution in [3.63, 3.8) is 0 Å². The molecule has 0 aromatic carbocycles. The second-order valence-electron chi connectivity index (χ2n) is 3.41. The number of thiophene rings is 1. The SMILES string of the molecule is CCN(C)C(=O)CNCCc1cccs1. The van der Waals surface area contributed by atoms with E-state index in [0.717, 1.165) is 19.5 Å². The van der Waals surface area contributed by atoms with Crippen molar-refractivity contribution in [2.24, 2.45) is 0 Å². The lowest BCUT2D eigenvalue weighted by molar-refractivity contribution is -0.128. The minimum atomic E-state index is 0.156. The van der Waals surface area contributed by atoms with Crippen LogP contribution in [0.3, 0.4) is 0 Å². The summed E-state index contributed by atoms with van der Waals surface area (Å²) in [5, 5.41) is 5.23. The third-order valence-electron chi connectivity index (χ3n) is 2.30. The van der Waals surface area contributed by atoms with Gasteiger partial charge < -0.3 is 10.2 Å². The van der Waals surface area contributed by atoms with Gasteiger partial charge in [-0.2, -0.15) is 0 Å². The van der Waals surface area contributed by atoms with Crippen LogP contribution in [0.15, 0.2) is 17.5 Å². The van der Waals surface area contributed by atoms with Crippen molar-refractivity contribution in [2.45, 2.75) is 13.3 Å². The number of hydrogen-bond acceptors (Lipinski definition) is 3. The van der Waals surface area contributed by atoms with Crippen LogP contribution in [-0.4, -0.2) is 37.5 Å². The number of amides is 1. The molecule has 0 saturated heterocycles. The van der Waals surface area contributed by atoms with Gasteiger partial charge in [0.2, 0.25) is 5.91 Å². The van der Waals surface area contributed by atoms with E-state index in [-0.39, 0.29) is 5.91 Å². The Bertz CT molecular complexity index is 285. The lowest BCUT2D eigenvalue weighted by Gasteiger charge is -2.14. The third kappa shape index (κ3) is 4.44. The van der Waals surface area contributed by atoms with Crippen molar-refractivity contribution in [3.05, 3.63) is 22.4 Å². The number of carbonyl (C=O) groups is 1. The van der Waals surface area contributed by atoms with E-state index in [4.69, 9.17) is 0 Å². The minimum Gasteiger partial charge on any atom is -0.345 e. The molecule has 0 atom stereocenters. The van der Waals surface area contributed by atoms with Gasteiger partial charge >= 0.3 is 0 Å². The van der Waals surface area contributed by atoms with Gasteiger partial charge in [0.1, 0.15) is 0 Å². The summed E-state index contributed by atoms with van der Waals surface area (Å²) in [6, 6.07) is 4.17. The van der Waals surface area contributed by atoms with Gasteiger partial charge in [-0.3, -0.25) is 4.79 Å². The molecule has 0 aliphatic rings. The maximum atomic E-state index is 11.4. The highest BCUT2D eigenvalue weighted by Crippen LogP contribution is 2.07. The highest BCUT2D eigenvalue weighted by molar-refractivity contribution is 7.09. The van der Waals surface area contributed by atoms with E-state index >= 15 is 0 Å². The Kier molecular flexibility index (Phi) is 5.36. The zero-order valence-electron chi connectivity index (χ0n) is 9.32. The van der Waals surface area contributed by atoms with Crippen molar-refractivity contribution in [1.29, 1.82) is 0 Å². The summed E-state index contributed by atoms with van der Waals surface area (Å²) in [6.45, 7) is 4.05. The number of hydrogen-bond donors (Lipinski definition) is 1. The molecular weight excluding hydrogens is 208 g/mol. The van der Waals surface area contributed by atoms with Gasteiger partial charge in [0.25, 0.3) is 0 Å². The molecule has 1 aromatic rings. The summed E-state index contributed by atoms with van der Waals surface area (Å²) in [5.74, 6) is 0.156. The molecule has 4 heteroatoms. The lowest BCUT2D eigenvalue weighted by atomic mass is 10.3. The lowest BCUT2D eigenvalue weighted by Crippen LogP contribution is -2.36. The van der Waals surface area contributed by atoms with Crippen molar-refractivity contribution >= 4 is 17.2 Å². The van der Waals surface area contributed by atoms with Crippen LogP contribution in [0.25, 0.3) is 0 Å². The van der Waals surface area contributed by atoms with Gasteiger partial charge in [0, 0.05) is 25.0 Å². The molecule has 1 rings (SSSR count). The molecule has 3 nitrogen and oxygen atoms in total. The first kappa shape index (κ1) is 12.2. The summed E-state index contributed by atoms with van der Waals surface area (Å²) in [5.41, 5.74) is 0. The second-order valence-corrected chi connectivity index (χ2v) is 4.45. The molecule has 0 spiro atoms. The number of nitrogens with zero attached hydrogens (tertiary/aromatic N) is 1. The van der Waals surface area contributed by atoms with Gasteiger partial charge in [0.05, 0.1) is 6.54 Å². The Hall–Kier alpha value is -0.870. The molecule has 1 heterocycles. The molecule has 0 aliphatic heterocycles. The zero-order valence-corrected chi connectivity index (χ0v) is 10.1. The Morgan fingerprint density at radius 1 is 1.60 bits per heavy atom. The third-order valence-corrected chi connectivity index (χ3v) is 3.24. The molecule has 0 saturated carbocycles. The molecule has 0 unspecified atom stereocenters. The molecule has 1 N–H and O–H groups in total. The van der Waals surface area contributed by atoms with Crippen LogP contribution in [0, 0.1) is 0 Å². The van der Waals surface area contributed by atoms with Gasteiger partial charge in [-0.15, -0.1) is 11.3 Å². The van der Waals surface area contributed by atoms with E-state index in [1.807, 2.05) is 14.0 Å². The number of nitrogens with one attached hydrogen (secondary N) is 1. The average Bonchev–Trinajstić information content (AvgIpc) is 2.75. The highest BCUT2D eigenvalue weighted by atomic mass is 32.1. The van der Waals surface area contributed by atoms with Gasteiger partial charge in [-0.1, -0.05) is 6.07 Å². The summed E-state index contributed by atoms with van der Waals surface area (Å²) in [6.07, 6.45) is 1.00. The smallest absolute Gasteiger partial charge is 0.236 e. The average molecular weight is 226 g/mol. The van der Waals surface area contributed by atoms with E-state index in [2.05, 4.69) is 22.8 Å². The van der Waals surface area contributed by atoms with E-state index < -0.39 is 0 Å². The van der Waals surface area contributed by atoms with Crippen LogP contribution < -0.4 is 5.32 Å². The summed E-state index contributed by atoms with van der Waals surface area (Å²) < 4.78 is 0. The number of rotatable bonds is 6. The largest absolute Gasteiger partial charge is 0.345 e. The normalized spacial score (nSPS) is 10.3. The van der Waals surface area contributed by atoms with Crippen LogP contribution in [0.2, 0.25) is 0 Å². The van der Waals surface area contributed by atoms with Crippen LogP contribution in [0.1, 0.15) is 11.8 Å². The first-order valence-electron chi connectivity index (χ1n) is 5.21. The fourth-order valence-electron chi connectivity index (χ4n) is 1.17. The van der Waals surface area contributed by atoms with E-state index in [0.29, 0.717) is 6.54 Å². The van der Waals surface area contributed by atoms with E-state index in [9.17, 15) is 4.79 Å². The predicted molar refractivity (Wildman–Crippen MR) is 64.2 cm³/mol. The fourth-order valence-corrected chi connectivity index (χ4v) is 1.88. The Morgan fingerprint density at radius 3 is 3.00 bits per heavy atom. The van der Waals surface area contributed by atoms with E-state index in [1.165, 1.54) is 4.88 Å². The van der Waals surface area contributed by atoms with Crippen molar-refractivity contribution < 1.29 is 4.79 Å².